The number of nitrogens with zero attached hydrogens (tertiary/aromatic N) is 1. The van der Waals surface area contributed by atoms with Crippen LogP contribution in [-0.4, -0.2) is 30.3 Å². The molecular formula is C19H22N4O3. The molecule has 0 aliphatic carbocycles. The van der Waals surface area contributed by atoms with Gasteiger partial charge in [0.25, 0.3) is 0 Å². The summed E-state index contributed by atoms with van der Waals surface area (Å²) in [6.07, 6.45) is 0. The second kappa shape index (κ2) is 7.35. The number of urea groups is 2. The maximum Gasteiger partial charge on any atom is 0.321 e. The third-order valence-electron chi connectivity index (χ3n) is 4.28. The standard InChI is InChI=1S/C19H22N4O3/c1-12-8-14(9-13(2)17(12)24)11-21-18(25)22-15-4-3-5-16(10-15)23-7-6-20-19(23)26/h3-5,8-10,24H,6-7,11H2,1-2H3,(H,20,26)(H2,21,22,25). The van der Waals surface area contributed by atoms with Crippen molar-refractivity contribution >= 4 is 23.4 Å². The predicted octanol–water partition coefficient (Wildman–Crippen LogP) is 2.86. The Morgan fingerprint density at radius 1 is 1.23 bits per heavy atom. The van der Waals surface area contributed by atoms with Gasteiger partial charge in [-0.25, -0.2) is 9.59 Å². The van der Waals surface area contributed by atoms with E-state index in [2.05, 4.69) is 16.0 Å². The normalized spacial score (nSPS) is 13.5. The Morgan fingerprint density at radius 3 is 2.62 bits per heavy atom. The average molecular weight is 354 g/mol. The van der Waals surface area contributed by atoms with Gasteiger partial charge in [-0.3, -0.25) is 4.90 Å². The fourth-order valence-electron chi connectivity index (χ4n) is 2.97. The summed E-state index contributed by atoms with van der Waals surface area (Å²) in [5.74, 6) is 0.279. The molecule has 3 rings (SSSR count). The first-order valence-corrected chi connectivity index (χ1v) is 8.43. The lowest BCUT2D eigenvalue weighted by Gasteiger charge is -2.16. The summed E-state index contributed by atoms with van der Waals surface area (Å²) < 4.78 is 0. The van der Waals surface area contributed by atoms with Crippen LogP contribution in [0.4, 0.5) is 21.0 Å². The molecule has 0 atom stereocenters. The number of benzene rings is 2. The van der Waals surface area contributed by atoms with Gasteiger partial charge in [0.05, 0.1) is 0 Å². The van der Waals surface area contributed by atoms with Gasteiger partial charge < -0.3 is 21.1 Å². The highest BCUT2D eigenvalue weighted by molar-refractivity contribution is 5.95. The first kappa shape index (κ1) is 17.6. The molecule has 0 aromatic heterocycles. The highest BCUT2D eigenvalue weighted by atomic mass is 16.3. The number of amides is 4. The van der Waals surface area contributed by atoms with Crippen molar-refractivity contribution in [2.24, 2.45) is 0 Å². The maximum absolute atomic E-state index is 12.2. The van der Waals surface area contributed by atoms with Gasteiger partial charge >= 0.3 is 12.1 Å². The van der Waals surface area contributed by atoms with Crippen molar-refractivity contribution in [1.29, 1.82) is 0 Å². The molecule has 1 aliphatic rings. The van der Waals surface area contributed by atoms with Gasteiger partial charge in [-0.1, -0.05) is 18.2 Å². The first-order valence-electron chi connectivity index (χ1n) is 8.43. The van der Waals surface area contributed by atoms with Crippen LogP contribution < -0.4 is 20.9 Å². The topological polar surface area (TPSA) is 93.7 Å². The van der Waals surface area contributed by atoms with E-state index in [4.69, 9.17) is 0 Å². The van der Waals surface area contributed by atoms with E-state index in [1.54, 1.807) is 23.1 Å². The highest BCUT2D eigenvalue weighted by Crippen LogP contribution is 2.23. The lowest BCUT2D eigenvalue weighted by atomic mass is 10.1. The fraction of sp³-hybridized carbons (Fsp3) is 0.263. The number of anilines is 2. The monoisotopic (exact) mass is 354 g/mol. The van der Waals surface area contributed by atoms with E-state index >= 15 is 0 Å². The zero-order valence-electron chi connectivity index (χ0n) is 14.8. The van der Waals surface area contributed by atoms with Crippen LogP contribution in [0.5, 0.6) is 5.75 Å². The van der Waals surface area contributed by atoms with Gasteiger partial charge in [0.15, 0.2) is 0 Å². The number of aryl methyl sites for hydroxylation is 2. The average Bonchev–Trinajstić information content (AvgIpc) is 3.04. The Labute approximate surface area is 152 Å². The van der Waals surface area contributed by atoms with Crippen LogP contribution in [0.25, 0.3) is 0 Å². The summed E-state index contributed by atoms with van der Waals surface area (Å²) in [5, 5.41) is 18.1. The molecule has 0 unspecified atom stereocenters. The summed E-state index contributed by atoms with van der Waals surface area (Å²) in [5.41, 5.74) is 3.81. The van der Waals surface area contributed by atoms with Crippen molar-refractivity contribution in [3.63, 3.8) is 0 Å². The van der Waals surface area contributed by atoms with E-state index in [0.29, 0.717) is 25.3 Å². The number of hydrogen-bond acceptors (Lipinski definition) is 3. The molecule has 0 saturated carbocycles. The number of aromatic hydroxyl groups is 1. The minimum Gasteiger partial charge on any atom is -0.507 e. The third-order valence-corrected chi connectivity index (χ3v) is 4.28. The van der Waals surface area contributed by atoms with Crippen molar-refractivity contribution in [1.82, 2.24) is 10.6 Å². The molecule has 1 aliphatic heterocycles. The molecule has 4 amide bonds. The largest absolute Gasteiger partial charge is 0.507 e. The summed E-state index contributed by atoms with van der Waals surface area (Å²) in [6.45, 7) is 5.22. The third kappa shape index (κ3) is 3.88. The first-order chi connectivity index (χ1) is 12.4. The SMILES string of the molecule is Cc1cc(CNC(=O)Nc2cccc(N3CCNC3=O)c2)cc(C)c1O. The number of hydrogen-bond donors (Lipinski definition) is 4. The number of phenols is 1. The number of carbonyl (C=O) groups excluding carboxylic acids is 2. The van der Waals surface area contributed by atoms with E-state index in [0.717, 1.165) is 22.4 Å². The molecule has 4 N–H and O–H groups in total. The quantitative estimate of drug-likeness (QED) is 0.680. The molecule has 1 saturated heterocycles. The Kier molecular flexibility index (Phi) is 4.97. The minimum absolute atomic E-state index is 0.135. The van der Waals surface area contributed by atoms with Crippen molar-refractivity contribution in [3.05, 3.63) is 53.1 Å². The van der Waals surface area contributed by atoms with Crippen LogP contribution in [0.2, 0.25) is 0 Å². The zero-order valence-corrected chi connectivity index (χ0v) is 14.8. The van der Waals surface area contributed by atoms with Gasteiger partial charge in [0, 0.05) is 31.0 Å². The summed E-state index contributed by atoms with van der Waals surface area (Å²) in [7, 11) is 0. The number of rotatable bonds is 4. The maximum atomic E-state index is 12.2. The van der Waals surface area contributed by atoms with Crippen molar-refractivity contribution in [2.45, 2.75) is 20.4 Å². The summed E-state index contributed by atoms with van der Waals surface area (Å²) in [6, 6.07) is 10.4. The molecule has 2 aromatic carbocycles. The predicted molar refractivity (Wildman–Crippen MR) is 101 cm³/mol. The zero-order chi connectivity index (χ0) is 18.7. The molecule has 136 valence electrons. The fourth-order valence-corrected chi connectivity index (χ4v) is 2.97. The molecular weight excluding hydrogens is 332 g/mol. The molecule has 1 fully saturated rings. The lowest BCUT2D eigenvalue weighted by Crippen LogP contribution is -2.29. The van der Waals surface area contributed by atoms with Crippen LogP contribution >= 0.6 is 0 Å². The number of carbonyl (C=O) groups is 2. The van der Waals surface area contributed by atoms with E-state index in [-0.39, 0.29) is 17.8 Å². The van der Waals surface area contributed by atoms with Gasteiger partial charge in [-0.05, 0) is 48.7 Å². The van der Waals surface area contributed by atoms with Crippen LogP contribution in [0, 0.1) is 13.8 Å². The van der Waals surface area contributed by atoms with Gasteiger partial charge in [0.2, 0.25) is 0 Å². The second-order valence-electron chi connectivity index (χ2n) is 6.32. The van der Waals surface area contributed by atoms with E-state index in [9.17, 15) is 14.7 Å². The Morgan fingerprint density at radius 2 is 1.96 bits per heavy atom. The molecule has 1 heterocycles. The molecule has 2 aromatic rings. The van der Waals surface area contributed by atoms with Crippen LogP contribution in [0.1, 0.15) is 16.7 Å². The smallest absolute Gasteiger partial charge is 0.321 e. The van der Waals surface area contributed by atoms with Gasteiger partial charge in [-0.2, -0.15) is 0 Å². The lowest BCUT2D eigenvalue weighted by molar-refractivity contribution is 0.251. The highest BCUT2D eigenvalue weighted by Gasteiger charge is 2.21. The molecule has 7 heteroatoms. The van der Waals surface area contributed by atoms with Crippen molar-refractivity contribution in [3.8, 4) is 5.75 Å². The van der Waals surface area contributed by atoms with E-state index in [1.807, 2.05) is 32.0 Å². The van der Waals surface area contributed by atoms with Crippen LogP contribution in [0.15, 0.2) is 36.4 Å². The van der Waals surface area contributed by atoms with Gasteiger partial charge in [0.1, 0.15) is 5.75 Å². The van der Waals surface area contributed by atoms with Gasteiger partial charge in [-0.15, -0.1) is 0 Å². The molecule has 26 heavy (non-hydrogen) atoms. The van der Waals surface area contributed by atoms with Crippen molar-refractivity contribution in [2.75, 3.05) is 23.3 Å². The molecule has 0 spiro atoms. The number of phenolic OH excluding ortho intramolecular Hbond substituents is 1. The molecule has 7 nitrogen and oxygen atoms in total. The summed E-state index contributed by atoms with van der Waals surface area (Å²) >= 11 is 0. The Balaban J connectivity index is 1.61. The minimum atomic E-state index is -0.337. The Bertz CT molecular complexity index is 827. The Hall–Kier alpha value is -3.22. The second-order valence-corrected chi connectivity index (χ2v) is 6.32. The summed E-state index contributed by atoms with van der Waals surface area (Å²) in [4.78, 5) is 25.5. The number of nitrogens with one attached hydrogen (secondary N) is 3. The van der Waals surface area contributed by atoms with Crippen LogP contribution in [0.3, 0.4) is 0 Å². The van der Waals surface area contributed by atoms with E-state index in [1.165, 1.54) is 0 Å². The molecule has 0 bridgehead atoms. The van der Waals surface area contributed by atoms with Crippen molar-refractivity contribution < 1.29 is 14.7 Å². The van der Waals surface area contributed by atoms with Crippen LogP contribution in [-0.2, 0) is 6.54 Å². The molecule has 0 radical (unpaired) electrons. The van der Waals surface area contributed by atoms with E-state index < -0.39 is 0 Å².